The van der Waals surface area contributed by atoms with E-state index in [4.69, 9.17) is 11.6 Å². The first-order valence-corrected chi connectivity index (χ1v) is 8.08. The predicted octanol–water partition coefficient (Wildman–Crippen LogP) is 2.57. The summed E-state index contributed by atoms with van der Waals surface area (Å²) < 4.78 is 27.1. The first-order chi connectivity index (χ1) is 9.18. The minimum Gasteiger partial charge on any atom is -0.480 e. The van der Waals surface area contributed by atoms with Gasteiger partial charge in [0.1, 0.15) is 5.54 Å². The Morgan fingerprint density at radius 3 is 2.35 bits per heavy atom. The summed E-state index contributed by atoms with van der Waals surface area (Å²) >= 11 is 5.82. The van der Waals surface area contributed by atoms with Crippen LogP contribution in [-0.2, 0) is 14.8 Å². The maximum atomic E-state index is 12.4. The number of nitrogens with one attached hydrogen (secondary N) is 1. The summed E-state index contributed by atoms with van der Waals surface area (Å²) in [5.74, 6) is -1.19. The maximum absolute atomic E-state index is 12.4. The quantitative estimate of drug-likeness (QED) is 0.844. The Morgan fingerprint density at radius 2 is 1.90 bits per heavy atom. The van der Waals surface area contributed by atoms with E-state index in [9.17, 15) is 18.3 Å². The van der Waals surface area contributed by atoms with Gasteiger partial charge in [-0.1, -0.05) is 31.5 Å². The normalized spacial score (nSPS) is 12.4. The van der Waals surface area contributed by atoms with Gasteiger partial charge >= 0.3 is 5.97 Å². The van der Waals surface area contributed by atoms with Gasteiger partial charge in [-0.05, 0) is 37.5 Å². The number of aliphatic carboxylic acids is 1. The van der Waals surface area contributed by atoms with Gasteiger partial charge in [-0.3, -0.25) is 4.79 Å². The van der Waals surface area contributed by atoms with Crippen LogP contribution >= 0.6 is 11.6 Å². The summed E-state index contributed by atoms with van der Waals surface area (Å²) in [6.07, 6.45) is 0.301. The fourth-order valence-corrected chi connectivity index (χ4v) is 3.93. The van der Waals surface area contributed by atoms with E-state index >= 15 is 0 Å². The Morgan fingerprint density at radius 1 is 1.35 bits per heavy atom. The zero-order chi connectivity index (χ0) is 15.6. The van der Waals surface area contributed by atoms with E-state index in [0.29, 0.717) is 5.56 Å². The van der Waals surface area contributed by atoms with Gasteiger partial charge in [0.05, 0.1) is 4.90 Å². The lowest BCUT2D eigenvalue weighted by Gasteiger charge is -2.28. The molecule has 0 aliphatic heterocycles. The molecule has 0 unspecified atom stereocenters. The summed E-state index contributed by atoms with van der Waals surface area (Å²) in [5.41, 5.74) is -0.999. The van der Waals surface area contributed by atoms with E-state index in [1.807, 2.05) is 0 Å². The summed E-state index contributed by atoms with van der Waals surface area (Å²) in [7, 11) is -3.96. The number of carboxylic acid groups (broad SMARTS) is 1. The average molecular weight is 320 g/mol. The Labute approximate surface area is 124 Å². The molecule has 1 aromatic rings. The van der Waals surface area contributed by atoms with Crippen molar-refractivity contribution in [2.45, 2.75) is 44.0 Å². The second kappa shape index (κ2) is 6.11. The van der Waals surface area contributed by atoms with Gasteiger partial charge in [0.25, 0.3) is 0 Å². The number of carboxylic acids is 1. The van der Waals surface area contributed by atoms with E-state index in [0.717, 1.165) is 0 Å². The van der Waals surface area contributed by atoms with Crippen LogP contribution in [-0.4, -0.2) is 25.0 Å². The van der Waals surface area contributed by atoms with Crippen molar-refractivity contribution < 1.29 is 18.3 Å². The molecule has 0 saturated carbocycles. The van der Waals surface area contributed by atoms with Crippen LogP contribution in [0.5, 0.6) is 0 Å². The third-order valence-electron chi connectivity index (χ3n) is 3.39. The molecule has 0 bridgehead atoms. The highest BCUT2D eigenvalue weighted by Gasteiger charge is 2.39. The second-order valence-electron chi connectivity index (χ2n) is 4.61. The molecule has 0 aliphatic carbocycles. The standard InChI is InChI=1S/C13H18ClNO4S/c1-4-13(5-2,12(16)17)15-20(18,19)11-8-10(14)7-6-9(11)3/h6-8,15H,4-5H2,1-3H3,(H,16,17). The van der Waals surface area contributed by atoms with Gasteiger partial charge in [-0.15, -0.1) is 0 Å². The van der Waals surface area contributed by atoms with E-state index in [-0.39, 0.29) is 22.8 Å². The monoisotopic (exact) mass is 319 g/mol. The Hall–Kier alpha value is -1.11. The molecular weight excluding hydrogens is 302 g/mol. The number of rotatable bonds is 6. The van der Waals surface area contributed by atoms with E-state index in [1.54, 1.807) is 32.9 Å². The molecule has 7 heteroatoms. The lowest BCUT2D eigenvalue weighted by atomic mass is 9.95. The number of carbonyl (C=O) groups is 1. The summed E-state index contributed by atoms with van der Waals surface area (Å²) in [5, 5.41) is 9.59. The molecule has 0 saturated heterocycles. The van der Waals surface area contributed by atoms with E-state index in [1.165, 1.54) is 6.07 Å². The smallest absolute Gasteiger partial charge is 0.324 e. The summed E-state index contributed by atoms with van der Waals surface area (Å²) in [6, 6.07) is 4.48. The highest BCUT2D eigenvalue weighted by atomic mass is 35.5. The first kappa shape index (κ1) is 16.9. The number of hydrogen-bond donors (Lipinski definition) is 2. The average Bonchev–Trinajstić information content (AvgIpc) is 2.38. The van der Waals surface area contributed by atoms with E-state index < -0.39 is 21.5 Å². The minimum atomic E-state index is -3.96. The third-order valence-corrected chi connectivity index (χ3v) is 5.30. The number of benzene rings is 1. The summed E-state index contributed by atoms with van der Waals surface area (Å²) in [6.45, 7) is 4.89. The van der Waals surface area contributed by atoms with Crippen molar-refractivity contribution in [1.82, 2.24) is 4.72 Å². The molecule has 0 spiro atoms. The lowest BCUT2D eigenvalue weighted by molar-refractivity contribution is -0.144. The van der Waals surface area contributed by atoms with E-state index in [2.05, 4.69) is 4.72 Å². The van der Waals surface area contributed by atoms with Gasteiger partial charge in [0.2, 0.25) is 10.0 Å². The van der Waals surface area contributed by atoms with Crippen molar-refractivity contribution in [2.24, 2.45) is 0 Å². The van der Waals surface area contributed by atoms with Crippen LogP contribution in [0.3, 0.4) is 0 Å². The molecular formula is C13H18ClNO4S. The van der Waals surface area contributed by atoms with Crippen LogP contribution in [0.2, 0.25) is 5.02 Å². The highest BCUT2D eigenvalue weighted by Crippen LogP contribution is 2.24. The zero-order valence-electron chi connectivity index (χ0n) is 11.6. The van der Waals surface area contributed by atoms with Gasteiger partial charge in [-0.25, -0.2) is 8.42 Å². The molecule has 0 aliphatic rings. The molecule has 1 rings (SSSR count). The molecule has 0 atom stereocenters. The molecule has 5 nitrogen and oxygen atoms in total. The van der Waals surface area contributed by atoms with Crippen molar-refractivity contribution in [3.63, 3.8) is 0 Å². The first-order valence-electron chi connectivity index (χ1n) is 6.22. The fraction of sp³-hybridized carbons (Fsp3) is 0.462. The lowest BCUT2D eigenvalue weighted by Crippen LogP contribution is -2.53. The van der Waals surface area contributed by atoms with Crippen LogP contribution < -0.4 is 4.72 Å². The molecule has 20 heavy (non-hydrogen) atoms. The molecule has 0 heterocycles. The molecule has 0 radical (unpaired) electrons. The Balaban J connectivity index is 3.30. The van der Waals surface area contributed by atoms with Crippen LogP contribution in [0.25, 0.3) is 0 Å². The molecule has 0 fully saturated rings. The molecule has 1 aromatic carbocycles. The van der Waals surface area contributed by atoms with Crippen molar-refractivity contribution in [3.05, 3.63) is 28.8 Å². The van der Waals surface area contributed by atoms with Crippen LogP contribution in [0.15, 0.2) is 23.1 Å². The van der Waals surface area contributed by atoms with Crippen LogP contribution in [0.4, 0.5) is 0 Å². The van der Waals surface area contributed by atoms with Crippen LogP contribution in [0, 0.1) is 6.92 Å². The summed E-state index contributed by atoms with van der Waals surface area (Å²) in [4.78, 5) is 11.4. The minimum absolute atomic E-state index is 0.00229. The zero-order valence-corrected chi connectivity index (χ0v) is 13.2. The van der Waals surface area contributed by atoms with Crippen molar-refractivity contribution in [2.75, 3.05) is 0 Å². The topological polar surface area (TPSA) is 83.5 Å². The second-order valence-corrected chi connectivity index (χ2v) is 6.70. The number of hydrogen-bond acceptors (Lipinski definition) is 3. The predicted molar refractivity (Wildman–Crippen MR) is 77.5 cm³/mol. The Kier molecular flexibility index (Phi) is 5.18. The van der Waals surface area contributed by atoms with Gasteiger partial charge in [-0.2, -0.15) is 4.72 Å². The number of halogens is 1. The van der Waals surface area contributed by atoms with Crippen LogP contribution in [0.1, 0.15) is 32.3 Å². The largest absolute Gasteiger partial charge is 0.480 e. The molecule has 0 amide bonds. The maximum Gasteiger partial charge on any atom is 0.324 e. The number of sulfonamides is 1. The SMILES string of the molecule is CCC(CC)(NS(=O)(=O)c1cc(Cl)ccc1C)C(=O)O. The Bertz CT molecular complexity index is 609. The highest BCUT2D eigenvalue weighted by molar-refractivity contribution is 7.89. The fourth-order valence-electron chi connectivity index (χ4n) is 1.92. The van der Waals surface area contributed by atoms with Crippen molar-refractivity contribution in [1.29, 1.82) is 0 Å². The van der Waals surface area contributed by atoms with Gasteiger partial charge in [0.15, 0.2) is 0 Å². The molecule has 112 valence electrons. The number of aryl methyl sites for hydroxylation is 1. The third kappa shape index (κ3) is 3.31. The van der Waals surface area contributed by atoms with Crippen molar-refractivity contribution >= 4 is 27.6 Å². The van der Waals surface area contributed by atoms with Gasteiger partial charge < -0.3 is 5.11 Å². The van der Waals surface area contributed by atoms with Gasteiger partial charge in [0, 0.05) is 5.02 Å². The molecule has 0 aromatic heterocycles. The van der Waals surface area contributed by atoms with Crippen molar-refractivity contribution in [3.8, 4) is 0 Å². The molecule has 2 N–H and O–H groups in total.